The fourth-order valence-electron chi connectivity index (χ4n) is 3.40. The Morgan fingerprint density at radius 2 is 1.83 bits per heavy atom. The van der Waals surface area contributed by atoms with Crippen LogP contribution in [-0.2, 0) is 6.54 Å². The van der Waals surface area contributed by atoms with Crippen LogP contribution >= 0.6 is 0 Å². The highest BCUT2D eigenvalue weighted by molar-refractivity contribution is 5.98. The Bertz CT molecular complexity index is 901. The molecule has 2 aromatic rings. The van der Waals surface area contributed by atoms with E-state index in [1.54, 1.807) is 0 Å². The number of rotatable bonds is 4. The predicted octanol–water partition coefficient (Wildman–Crippen LogP) is 5.25. The second-order valence-electron chi connectivity index (χ2n) is 6.99. The summed E-state index contributed by atoms with van der Waals surface area (Å²) in [7, 11) is 2.94. The second-order valence-corrected chi connectivity index (χ2v) is 6.99. The van der Waals surface area contributed by atoms with Gasteiger partial charge in [0, 0.05) is 38.2 Å². The molecule has 2 N–H and O–H groups in total. The highest BCUT2D eigenvalue weighted by Gasteiger charge is 2.18. The van der Waals surface area contributed by atoms with Crippen molar-refractivity contribution in [1.29, 1.82) is 0 Å². The number of allylic oxidation sites excluding steroid dienone is 3. The molecule has 160 valence electrons. The molecule has 0 fully saturated rings. The van der Waals surface area contributed by atoms with Gasteiger partial charge in [-0.05, 0) is 56.4 Å². The zero-order valence-corrected chi connectivity index (χ0v) is 19.6. The number of fused-ring (bicyclic) bond motifs is 1. The number of nitrogens with zero attached hydrogens (tertiary/aromatic N) is 3. The lowest BCUT2D eigenvalue weighted by Gasteiger charge is -2.13. The summed E-state index contributed by atoms with van der Waals surface area (Å²) in [6.07, 6.45) is 7.37. The largest absolute Gasteiger partial charge is 0.400 e. The lowest BCUT2D eigenvalue weighted by atomic mass is 10.0. The zero-order chi connectivity index (χ0) is 22.1. The highest BCUT2D eigenvalue weighted by atomic mass is 16.2. The molecule has 1 aliphatic rings. The van der Waals surface area contributed by atoms with Crippen molar-refractivity contribution in [3.63, 3.8) is 0 Å². The van der Waals surface area contributed by atoms with E-state index in [0.29, 0.717) is 5.92 Å². The number of pyridine rings is 1. The van der Waals surface area contributed by atoms with Gasteiger partial charge in [0.25, 0.3) is 0 Å². The Hall–Kier alpha value is -2.40. The van der Waals surface area contributed by atoms with Crippen molar-refractivity contribution in [2.24, 2.45) is 10.9 Å². The maximum atomic E-state index is 7.00. The topological polar surface area (TPSA) is 62.4 Å². The molecule has 5 nitrogen and oxygen atoms in total. The average Bonchev–Trinajstić information content (AvgIpc) is 2.91. The summed E-state index contributed by atoms with van der Waals surface area (Å²) in [6.45, 7) is 15.8. The lowest BCUT2D eigenvalue weighted by Crippen LogP contribution is -2.11. The Morgan fingerprint density at radius 1 is 1.17 bits per heavy atom. The minimum Gasteiger partial charge on any atom is -0.400 e. The van der Waals surface area contributed by atoms with E-state index in [0.717, 1.165) is 48.4 Å². The second kappa shape index (κ2) is 11.6. The number of aliphatic hydroxyl groups excluding tert-OH is 1. The summed E-state index contributed by atoms with van der Waals surface area (Å²) in [5, 5.41) is 10.3. The maximum Gasteiger partial charge on any atom is 0.131 e. The van der Waals surface area contributed by atoms with Gasteiger partial charge in [0.15, 0.2) is 0 Å². The SMILES string of the molecule is CC.CCn1cc(C)c2nc(C3=C(NC)N=C(C(C)C)C=CC3)c(C)cc21.CO. The molecule has 0 unspecified atom stereocenters. The molecule has 3 heterocycles. The molecule has 0 bridgehead atoms. The van der Waals surface area contributed by atoms with E-state index >= 15 is 0 Å². The van der Waals surface area contributed by atoms with Crippen LogP contribution in [0.3, 0.4) is 0 Å². The van der Waals surface area contributed by atoms with Crippen LogP contribution in [0, 0.1) is 19.8 Å². The zero-order valence-electron chi connectivity index (χ0n) is 19.6. The number of hydrogen-bond donors (Lipinski definition) is 2. The van der Waals surface area contributed by atoms with Crippen molar-refractivity contribution < 1.29 is 5.11 Å². The van der Waals surface area contributed by atoms with E-state index in [9.17, 15) is 0 Å². The van der Waals surface area contributed by atoms with Gasteiger partial charge in [-0.3, -0.25) is 0 Å². The van der Waals surface area contributed by atoms with E-state index in [1.165, 1.54) is 16.6 Å². The minimum absolute atomic E-state index is 0.399. The fraction of sp³-hybridized carbons (Fsp3) is 0.500. The van der Waals surface area contributed by atoms with Crippen LogP contribution in [0.1, 0.15) is 57.9 Å². The molecule has 0 atom stereocenters. The lowest BCUT2D eigenvalue weighted by molar-refractivity contribution is 0.399. The summed E-state index contributed by atoms with van der Waals surface area (Å²) >= 11 is 0. The van der Waals surface area contributed by atoms with Crippen molar-refractivity contribution >= 4 is 22.3 Å². The van der Waals surface area contributed by atoms with Gasteiger partial charge in [0.05, 0.1) is 16.7 Å². The fourth-order valence-corrected chi connectivity index (χ4v) is 3.40. The number of aromatic nitrogens is 2. The molecule has 0 radical (unpaired) electrons. The summed E-state index contributed by atoms with van der Waals surface area (Å²) in [5.41, 5.74) is 8.03. The highest BCUT2D eigenvalue weighted by Crippen LogP contribution is 2.30. The Morgan fingerprint density at radius 3 is 2.38 bits per heavy atom. The Balaban J connectivity index is 0.000000989. The third kappa shape index (κ3) is 5.36. The number of aliphatic imine (C=N–C) groups is 1. The first kappa shape index (κ1) is 24.6. The summed E-state index contributed by atoms with van der Waals surface area (Å²) in [6, 6.07) is 2.26. The van der Waals surface area contributed by atoms with E-state index in [1.807, 2.05) is 20.9 Å². The molecular weight excluding hydrogens is 360 g/mol. The molecule has 0 saturated carbocycles. The first-order chi connectivity index (χ1) is 14.0. The standard InChI is InChI=1S/C21H28N4.C2H6.CH4O/c1-7-25-12-15(5)20-18(25)11-14(4)19(24-20)16-9-8-10-17(13(2)3)23-21(16)22-6;2*1-2/h8,10-13,22H,7,9H2,1-6H3;1-2H3;2H,1H3. The van der Waals surface area contributed by atoms with Crippen LogP contribution in [0.15, 0.2) is 35.2 Å². The molecule has 1 aliphatic heterocycles. The quantitative estimate of drug-likeness (QED) is 0.739. The first-order valence-corrected chi connectivity index (χ1v) is 10.5. The summed E-state index contributed by atoms with van der Waals surface area (Å²) in [5.74, 6) is 1.33. The van der Waals surface area contributed by atoms with Gasteiger partial charge in [-0.25, -0.2) is 9.98 Å². The van der Waals surface area contributed by atoms with Gasteiger partial charge in [-0.15, -0.1) is 0 Å². The molecular formula is C24H38N4O. The molecule has 2 aromatic heterocycles. The van der Waals surface area contributed by atoms with Crippen molar-refractivity contribution in [2.75, 3.05) is 14.2 Å². The van der Waals surface area contributed by atoms with Gasteiger partial charge in [-0.2, -0.15) is 0 Å². The van der Waals surface area contributed by atoms with Gasteiger partial charge < -0.3 is 15.0 Å². The third-order valence-corrected chi connectivity index (χ3v) is 4.82. The first-order valence-electron chi connectivity index (χ1n) is 10.5. The number of hydrogen-bond acceptors (Lipinski definition) is 4. The van der Waals surface area contributed by atoms with Crippen molar-refractivity contribution in [3.05, 3.63) is 47.1 Å². The molecule has 0 spiro atoms. The Kier molecular flexibility index (Phi) is 9.83. The summed E-state index contributed by atoms with van der Waals surface area (Å²) in [4.78, 5) is 9.92. The van der Waals surface area contributed by atoms with Gasteiger partial charge in [0.1, 0.15) is 5.82 Å². The van der Waals surface area contributed by atoms with Crippen LogP contribution in [0.5, 0.6) is 0 Å². The number of aryl methyl sites for hydroxylation is 3. The molecule has 0 aliphatic carbocycles. The minimum atomic E-state index is 0.399. The van der Waals surface area contributed by atoms with E-state index in [-0.39, 0.29) is 0 Å². The van der Waals surface area contributed by atoms with Gasteiger partial charge in [-0.1, -0.05) is 33.8 Å². The van der Waals surface area contributed by atoms with Gasteiger partial charge in [0.2, 0.25) is 0 Å². The molecule has 5 heteroatoms. The van der Waals surface area contributed by atoms with Gasteiger partial charge >= 0.3 is 0 Å². The monoisotopic (exact) mass is 398 g/mol. The van der Waals surface area contributed by atoms with Crippen LogP contribution in [0.25, 0.3) is 16.6 Å². The number of aliphatic hydroxyl groups is 1. The van der Waals surface area contributed by atoms with E-state index in [2.05, 4.69) is 68.9 Å². The molecule has 0 amide bonds. The van der Waals surface area contributed by atoms with Crippen molar-refractivity contribution in [2.45, 2.75) is 61.4 Å². The molecule has 0 aromatic carbocycles. The van der Waals surface area contributed by atoms with Crippen molar-refractivity contribution in [1.82, 2.24) is 14.9 Å². The van der Waals surface area contributed by atoms with Crippen molar-refractivity contribution in [3.8, 4) is 0 Å². The predicted molar refractivity (Wildman–Crippen MR) is 126 cm³/mol. The van der Waals surface area contributed by atoms with Crippen LogP contribution in [0.4, 0.5) is 0 Å². The summed E-state index contributed by atoms with van der Waals surface area (Å²) < 4.78 is 2.27. The van der Waals surface area contributed by atoms with Crippen LogP contribution in [0.2, 0.25) is 0 Å². The molecule has 3 rings (SSSR count). The molecule has 29 heavy (non-hydrogen) atoms. The number of nitrogens with one attached hydrogen (secondary N) is 1. The average molecular weight is 399 g/mol. The molecule has 0 saturated heterocycles. The maximum absolute atomic E-state index is 7.00. The van der Waals surface area contributed by atoms with E-state index < -0.39 is 0 Å². The van der Waals surface area contributed by atoms with Crippen LogP contribution in [-0.4, -0.2) is 34.5 Å². The van der Waals surface area contributed by atoms with E-state index in [4.69, 9.17) is 15.1 Å². The third-order valence-electron chi connectivity index (χ3n) is 4.82. The normalized spacial score (nSPS) is 13.4. The van der Waals surface area contributed by atoms with Crippen LogP contribution < -0.4 is 5.32 Å². The Labute approximate surface area is 176 Å². The smallest absolute Gasteiger partial charge is 0.131 e.